The summed E-state index contributed by atoms with van der Waals surface area (Å²) < 4.78 is 5.08. The van der Waals surface area contributed by atoms with Gasteiger partial charge in [-0.1, -0.05) is 12.1 Å². The third-order valence-electron chi connectivity index (χ3n) is 2.77. The van der Waals surface area contributed by atoms with Gasteiger partial charge < -0.3 is 10.1 Å². The molecule has 1 aromatic rings. The van der Waals surface area contributed by atoms with Crippen molar-refractivity contribution >= 4 is 11.9 Å². The molecule has 0 atom stereocenters. The Hall–Kier alpha value is -1.84. The summed E-state index contributed by atoms with van der Waals surface area (Å²) in [4.78, 5) is 21.9. The van der Waals surface area contributed by atoms with Crippen molar-refractivity contribution in [2.75, 3.05) is 6.54 Å². The molecule has 4 heteroatoms. The Labute approximate surface area is 100.0 Å². The Morgan fingerprint density at radius 3 is 3.06 bits per heavy atom. The van der Waals surface area contributed by atoms with Crippen LogP contribution in [0.3, 0.4) is 0 Å². The summed E-state index contributed by atoms with van der Waals surface area (Å²) in [7, 11) is 0. The van der Waals surface area contributed by atoms with E-state index in [4.69, 9.17) is 4.74 Å². The lowest BCUT2D eigenvalue weighted by Gasteiger charge is -2.06. The first-order valence-corrected chi connectivity index (χ1v) is 5.72. The zero-order chi connectivity index (χ0) is 12.3. The van der Waals surface area contributed by atoms with Crippen LogP contribution in [0.25, 0.3) is 0 Å². The van der Waals surface area contributed by atoms with Crippen molar-refractivity contribution in [1.29, 1.82) is 0 Å². The second kappa shape index (κ2) is 4.99. The van der Waals surface area contributed by atoms with Gasteiger partial charge in [0.25, 0.3) is 0 Å². The number of ether oxygens (including phenoxy) is 1. The van der Waals surface area contributed by atoms with Gasteiger partial charge in [-0.3, -0.25) is 9.59 Å². The normalized spacial score (nSPS) is 13.1. The second-order valence-electron chi connectivity index (χ2n) is 4.13. The van der Waals surface area contributed by atoms with E-state index < -0.39 is 0 Å². The zero-order valence-corrected chi connectivity index (χ0v) is 9.79. The van der Waals surface area contributed by atoms with Gasteiger partial charge in [0.1, 0.15) is 5.75 Å². The smallest absolute Gasteiger partial charge is 0.315 e. The largest absolute Gasteiger partial charge is 0.426 e. The molecule has 1 N–H and O–H groups in total. The van der Waals surface area contributed by atoms with E-state index in [9.17, 15) is 9.59 Å². The monoisotopic (exact) mass is 233 g/mol. The fourth-order valence-electron chi connectivity index (χ4n) is 1.99. The summed E-state index contributed by atoms with van der Waals surface area (Å²) >= 11 is 0. The predicted molar refractivity (Wildman–Crippen MR) is 62.8 cm³/mol. The number of fused-ring (bicyclic) bond motifs is 1. The van der Waals surface area contributed by atoms with E-state index in [2.05, 4.69) is 5.32 Å². The number of esters is 1. The molecule has 0 fully saturated rings. The summed E-state index contributed by atoms with van der Waals surface area (Å²) in [5, 5.41) is 2.76. The number of carbonyl (C=O) groups excluding carboxylic acids is 2. The number of carbonyl (C=O) groups is 2. The van der Waals surface area contributed by atoms with Crippen molar-refractivity contribution in [2.24, 2.45) is 0 Å². The van der Waals surface area contributed by atoms with E-state index >= 15 is 0 Å². The van der Waals surface area contributed by atoms with Crippen LogP contribution in [0, 0.1) is 0 Å². The van der Waals surface area contributed by atoms with E-state index in [0.29, 0.717) is 18.7 Å². The van der Waals surface area contributed by atoms with Gasteiger partial charge >= 0.3 is 5.97 Å². The molecule has 2 rings (SSSR count). The minimum Gasteiger partial charge on any atom is -0.426 e. The quantitative estimate of drug-likeness (QED) is 0.483. The molecule has 1 aliphatic rings. The van der Waals surface area contributed by atoms with Gasteiger partial charge in [0.05, 0.1) is 6.42 Å². The molecule has 1 heterocycles. The molecule has 0 bridgehead atoms. The molecule has 90 valence electrons. The summed E-state index contributed by atoms with van der Waals surface area (Å²) in [6.45, 7) is 2.17. The lowest BCUT2D eigenvalue weighted by molar-refractivity contribution is -0.131. The van der Waals surface area contributed by atoms with Crippen molar-refractivity contribution in [3.63, 3.8) is 0 Å². The molecule has 1 aromatic carbocycles. The fraction of sp³-hybridized carbons (Fsp3) is 0.385. The number of amides is 1. The van der Waals surface area contributed by atoms with E-state index in [1.54, 1.807) is 0 Å². The molecular weight excluding hydrogens is 218 g/mol. The summed E-state index contributed by atoms with van der Waals surface area (Å²) in [6, 6.07) is 5.72. The number of benzene rings is 1. The highest BCUT2D eigenvalue weighted by atomic mass is 16.5. The highest BCUT2D eigenvalue weighted by Gasteiger charge is 2.22. The van der Waals surface area contributed by atoms with Crippen LogP contribution < -0.4 is 10.1 Å². The molecule has 0 aliphatic carbocycles. The second-order valence-corrected chi connectivity index (χ2v) is 4.13. The minimum atomic E-state index is -0.186. The Bertz CT molecular complexity index is 454. The highest BCUT2D eigenvalue weighted by molar-refractivity contribution is 5.81. The average molecular weight is 233 g/mol. The van der Waals surface area contributed by atoms with Crippen LogP contribution in [0.2, 0.25) is 0 Å². The Balaban J connectivity index is 1.96. The summed E-state index contributed by atoms with van der Waals surface area (Å²) in [6.07, 6.45) is 2.08. The Kier molecular flexibility index (Phi) is 3.42. The van der Waals surface area contributed by atoms with E-state index in [1.807, 2.05) is 18.2 Å². The van der Waals surface area contributed by atoms with Crippen LogP contribution >= 0.6 is 0 Å². The topological polar surface area (TPSA) is 55.4 Å². The van der Waals surface area contributed by atoms with Gasteiger partial charge in [-0.25, -0.2) is 0 Å². The number of hydrogen-bond acceptors (Lipinski definition) is 3. The van der Waals surface area contributed by atoms with Crippen molar-refractivity contribution in [2.45, 2.75) is 26.2 Å². The Morgan fingerprint density at radius 2 is 2.29 bits per heavy atom. The van der Waals surface area contributed by atoms with Gasteiger partial charge in [0, 0.05) is 19.0 Å². The van der Waals surface area contributed by atoms with Crippen molar-refractivity contribution < 1.29 is 14.3 Å². The zero-order valence-electron chi connectivity index (χ0n) is 9.79. The maximum absolute atomic E-state index is 11.2. The number of rotatable bonds is 4. The van der Waals surface area contributed by atoms with E-state index in [-0.39, 0.29) is 11.9 Å². The first-order valence-electron chi connectivity index (χ1n) is 5.72. The van der Waals surface area contributed by atoms with E-state index in [1.165, 1.54) is 6.92 Å². The minimum absolute atomic E-state index is 0.0122. The molecule has 17 heavy (non-hydrogen) atoms. The summed E-state index contributed by atoms with van der Waals surface area (Å²) in [5.41, 5.74) is 2.14. The third kappa shape index (κ3) is 2.84. The molecule has 0 aromatic heterocycles. The van der Waals surface area contributed by atoms with E-state index in [0.717, 1.165) is 24.0 Å². The predicted octanol–water partition coefficient (Wildman–Crippen LogP) is 1.22. The molecule has 0 radical (unpaired) electrons. The molecule has 4 nitrogen and oxygen atoms in total. The number of nitrogens with one attached hydrogen (secondary N) is 1. The van der Waals surface area contributed by atoms with Crippen molar-refractivity contribution in [3.8, 4) is 5.75 Å². The van der Waals surface area contributed by atoms with Crippen molar-refractivity contribution in [3.05, 3.63) is 29.3 Å². The van der Waals surface area contributed by atoms with Crippen LogP contribution in [-0.2, 0) is 22.4 Å². The van der Waals surface area contributed by atoms with Gasteiger partial charge in [-0.15, -0.1) is 0 Å². The molecular formula is C13H15NO3. The van der Waals surface area contributed by atoms with Crippen LogP contribution in [0.5, 0.6) is 5.75 Å². The standard InChI is InChI=1S/C13H15NO3/c1-9(15)14-7-3-5-10-4-2-6-12-11(10)8-13(16)17-12/h2,4,6H,3,5,7-8H2,1H3,(H,14,15). The average Bonchev–Trinajstić information content (AvgIpc) is 2.65. The first kappa shape index (κ1) is 11.6. The lowest BCUT2D eigenvalue weighted by Crippen LogP contribution is -2.21. The van der Waals surface area contributed by atoms with Crippen LogP contribution in [0.1, 0.15) is 24.5 Å². The van der Waals surface area contributed by atoms with Gasteiger partial charge in [-0.2, -0.15) is 0 Å². The molecule has 1 amide bonds. The fourth-order valence-corrected chi connectivity index (χ4v) is 1.99. The Morgan fingerprint density at radius 1 is 1.47 bits per heavy atom. The SMILES string of the molecule is CC(=O)NCCCc1cccc2c1CC(=O)O2. The molecule has 0 unspecified atom stereocenters. The maximum atomic E-state index is 11.2. The number of hydrogen-bond donors (Lipinski definition) is 1. The highest BCUT2D eigenvalue weighted by Crippen LogP contribution is 2.29. The van der Waals surface area contributed by atoms with Gasteiger partial charge in [0.15, 0.2) is 0 Å². The van der Waals surface area contributed by atoms with Gasteiger partial charge in [0.2, 0.25) is 5.91 Å². The lowest BCUT2D eigenvalue weighted by atomic mass is 10.0. The van der Waals surface area contributed by atoms with Gasteiger partial charge in [-0.05, 0) is 24.5 Å². The molecule has 0 spiro atoms. The maximum Gasteiger partial charge on any atom is 0.315 e. The van der Waals surface area contributed by atoms with Crippen LogP contribution in [-0.4, -0.2) is 18.4 Å². The molecule has 1 aliphatic heterocycles. The molecule has 0 saturated heterocycles. The van der Waals surface area contributed by atoms with Crippen LogP contribution in [0.4, 0.5) is 0 Å². The number of aryl methyl sites for hydroxylation is 1. The summed E-state index contributed by atoms with van der Waals surface area (Å²) in [5.74, 6) is 0.489. The van der Waals surface area contributed by atoms with Crippen molar-refractivity contribution in [1.82, 2.24) is 5.32 Å². The first-order chi connectivity index (χ1) is 8.16. The van der Waals surface area contributed by atoms with Crippen LogP contribution in [0.15, 0.2) is 18.2 Å². The third-order valence-corrected chi connectivity index (χ3v) is 2.77. The molecule has 0 saturated carbocycles.